The maximum Gasteiger partial charge on any atom is 0.243 e. The normalized spacial score (nSPS) is 28.0. The number of hydrogen-bond donors (Lipinski definition) is 1. The molecule has 4 rings (SSSR count). The minimum absolute atomic E-state index is 0.0900. The molecule has 6 nitrogen and oxygen atoms in total. The second kappa shape index (κ2) is 9.41. The van der Waals surface area contributed by atoms with E-state index in [-0.39, 0.29) is 28.5 Å². The Balaban J connectivity index is 1.29. The number of nitrogens with one attached hydrogen (secondary N) is 1. The standard InChI is InChI=1S/C24H34N2O4S/c1-17(27)18-7-10-23(11-8-18)31(29,30)26-14-12-20(13-15-26)24(28)25-22-9-6-19-4-2-3-5-21(19)16-22/h7-8,10-11,19-22H,2-6,9,12-16H2,1H3,(H,25,28). The minimum atomic E-state index is -3.60. The van der Waals surface area contributed by atoms with Gasteiger partial charge in [0.05, 0.1) is 4.90 Å². The molecule has 7 heteroatoms. The Hall–Kier alpha value is -1.73. The van der Waals surface area contributed by atoms with E-state index < -0.39 is 10.0 Å². The van der Waals surface area contributed by atoms with Gasteiger partial charge >= 0.3 is 0 Å². The SMILES string of the molecule is CC(=O)c1ccc(S(=O)(=O)N2CCC(C(=O)NC3CCC4CCCCC4C3)CC2)cc1. The van der Waals surface area contributed by atoms with Gasteiger partial charge in [-0.25, -0.2) is 8.42 Å². The lowest BCUT2D eigenvalue weighted by atomic mass is 9.69. The summed E-state index contributed by atoms with van der Waals surface area (Å²) in [6.45, 7) is 2.16. The van der Waals surface area contributed by atoms with Crippen LogP contribution >= 0.6 is 0 Å². The summed E-state index contributed by atoms with van der Waals surface area (Å²) < 4.78 is 27.3. The zero-order chi connectivity index (χ0) is 22.0. The van der Waals surface area contributed by atoms with Crippen LogP contribution in [0.2, 0.25) is 0 Å². The molecule has 1 aromatic carbocycles. The summed E-state index contributed by atoms with van der Waals surface area (Å²) >= 11 is 0. The number of piperidine rings is 1. The number of ketones is 1. The van der Waals surface area contributed by atoms with Gasteiger partial charge in [0.15, 0.2) is 5.78 Å². The molecular formula is C24H34N2O4S. The average Bonchev–Trinajstić information content (AvgIpc) is 2.79. The quantitative estimate of drug-likeness (QED) is 0.698. The van der Waals surface area contributed by atoms with Crippen LogP contribution in [0.15, 0.2) is 29.2 Å². The molecule has 2 saturated carbocycles. The predicted molar refractivity (Wildman–Crippen MR) is 119 cm³/mol. The van der Waals surface area contributed by atoms with E-state index in [1.54, 1.807) is 12.1 Å². The van der Waals surface area contributed by atoms with Crippen molar-refractivity contribution >= 4 is 21.7 Å². The van der Waals surface area contributed by atoms with Crippen LogP contribution < -0.4 is 5.32 Å². The number of nitrogens with zero attached hydrogens (tertiary/aromatic N) is 1. The van der Waals surface area contributed by atoms with Gasteiger partial charge in [-0.3, -0.25) is 9.59 Å². The predicted octanol–water partition coefficient (Wildman–Crippen LogP) is 3.77. The molecule has 1 amide bonds. The number of rotatable bonds is 5. The van der Waals surface area contributed by atoms with Gasteiger partial charge in [-0.05, 0) is 63.0 Å². The fourth-order valence-corrected chi connectivity index (χ4v) is 7.16. The first kappa shape index (κ1) is 22.5. The number of amides is 1. The van der Waals surface area contributed by atoms with Crippen LogP contribution in [0, 0.1) is 17.8 Å². The van der Waals surface area contributed by atoms with Gasteiger partial charge in [0, 0.05) is 30.6 Å². The molecule has 3 unspecified atom stereocenters. The van der Waals surface area contributed by atoms with Crippen molar-refractivity contribution in [3.8, 4) is 0 Å². The molecule has 1 N–H and O–H groups in total. The largest absolute Gasteiger partial charge is 0.353 e. The van der Waals surface area contributed by atoms with Gasteiger partial charge in [0.25, 0.3) is 0 Å². The van der Waals surface area contributed by atoms with Crippen LogP contribution in [0.4, 0.5) is 0 Å². The van der Waals surface area contributed by atoms with E-state index in [9.17, 15) is 18.0 Å². The van der Waals surface area contributed by atoms with Crippen molar-refractivity contribution in [3.05, 3.63) is 29.8 Å². The summed E-state index contributed by atoms with van der Waals surface area (Å²) in [7, 11) is -3.60. The first-order chi connectivity index (χ1) is 14.8. The summed E-state index contributed by atoms with van der Waals surface area (Å²) in [6, 6.07) is 6.37. The van der Waals surface area contributed by atoms with Gasteiger partial charge in [0.2, 0.25) is 15.9 Å². The topological polar surface area (TPSA) is 83.6 Å². The molecule has 2 aliphatic carbocycles. The summed E-state index contributed by atoms with van der Waals surface area (Å²) in [5.41, 5.74) is 0.497. The zero-order valence-electron chi connectivity index (χ0n) is 18.4. The van der Waals surface area contributed by atoms with Crippen molar-refractivity contribution in [1.29, 1.82) is 0 Å². The number of fused-ring (bicyclic) bond motifs is 1. The van der Waals surface area contributed by atoms with Crippen LogP contribution in [0.3, 0.4) is 0 Å². The number of sulfonamides is 1. The van der Waals surface area contributed by atoms with Gasteiger partial charge in [-0.1, -0.05) is 37.8 Å². The second-order valence-electron chi connectivity index (χ2n) is 9.58. The molecule has 170 valence electrons. The van der Waals surface area contributed by atoms with Crippen LogP contribution in [0.1, 0.15) is 75.1 Å². The van der Waals surface area contributed by atoms with E-state index in [1.165, 1.54) is 55.5 Å². The smallest absolute Gasteiger partial charge is 0.243 e. The van der Waals surface area contributed by atoms with E-state index in [1.807, 2.05) is 0 Å². The summed E-state index contributed by atoms with van der Waals surface area (Å²) in [5.74, 6) is 1.53. The van der Waals surface area contributed by atoms with Crippen LogP contribution in [-0.4, -0.2) is 43.5 Å². The fourth-order valence-electron chi connectivity index (χ4n) is 5.69. The maximum absolute atomic E-state index is 12.9. The molecule has 31 heavy (non-hydrogen) atoms. The van der Waals surface area contributed by atoms with E-state index in [2.05, 4.69) is 5.32 Å². The Labute approximate surface area is 185 Å². The lowest BCUT2D eigenvalue weighted by molar-refractivity contribution is -0.127. The van der Waals surface area contributed by atoms with Gasteiger partial charge in [-0.15, -0.1) is 0 Å². The Morgan fingerprint density at radius 1 is 0.903 bits per heavy atom. The number of benzene rings is 1. The molecular weight excluding hydrogens is 412 g/mol. The van der Waals surface area contributed by atoms with Crippen molar-refractivity contribution in [3.63, 3.8) is 0 Å². The fraction of sp³-hybridized carbons (Fsp3) is 0.667. The Morgan fingerprint density at radius 3 is 2.19 bits per heavy atom. The number of Topliss-reactive ketones (excluding diaryl/α,β-unsaturated/α-hetero) is 1. The lowest BCUT2D eigenvalue weighted by Gasteiger charge is -2.40. The third-order valence-corrected chi connectivity index (χ3v) is 9.52. The van der Waals surface area contributed by atoms with Gasteiger partial charge in [0.1, 0.15) is 0 Å². The molecule has 0 aromatic heterocycles. The molecule has 3 aliphatic rings. The second-order valence-corrected chi connectivity index (χ2v) is 11.5. The Morgan fingerprint density at radius 2 is 1.55 bits per heavy atom. The van der Waals surface area contributed by atoms with Crippen LogP contribution in [0.5, 0.6) is 0 Å². The first-order valence-corrected chi connectivity index (χ1v) is 13.2. The Kier molecular flexibility index (Phi) is 6.82. The minimum Gasteiger partial charge on any atom is -0.353 e. The highest BCUT2D eigenvalue weighted by Crippen LogP contribution is 2.40. The molecule has 1 saturated heterocycles. The maximum atomic E-state index is 12.9. The molecule has 3 fully saturated rings. The first-order valence-electron chi connectivity index (χ1n) is 11.8. The van der Waals surface area contributed by atoms with Crippen molar-refractivity contribution < 1.29 is 18.0 Å². The molecule has 0 bridgehead atoms. The molecule has 0 spiro atoms. The van der Waals surface area contributed by atoms with Crippen LogP contribution in [-0.2, 0) is 14.8 Å². The zero-order valence-corrected chi connectivity index (χ0v) is 19.2. The average molecular weight is 447 g/mol. The Bertz CT molecular complexity index is 904. The van der Waals surface area contributed by atoms with Gasteiger partial charge < -0.3 is 5.32 Å². The van der Waals surface area contributed by atoms with Gasteiger partial charge in [-0.2, -0.15) is 4.31 Å². The van der Waals surface area contributed by atoms with Crippen molar-refractivity contribution in [1.82, 2.24) is 9.62 Å². The highest BCUT2D eigenvalue weighted by molar-refractivity contribution is 7.89. The van der Waals surface area contributed by atoms with E-state index in [0.29, 0.717) is 31.5 Å². The van der Waals surface area contributed by atoms with E-state index >= 15 is 0 Å². The monoisotopic (exact) mass is 446 g/mol. The molecule has 1 aromatic rings. The number of carbonyl (C=O) groups is 2. The summed E-state index contributed by atoms with van der Waals surface area (Å²) in [4.78, 5) is 24.5. The van der Waals surface area contributed by atoms with E-state index in [0.717, 1.165) is 24.7 Å². The van der Waals surface area contributed by atoms with Crippen molar-refractivity contribution in [2.75, 3.05) is 13.1 Å². The molecule has 1 heterocycles. The summed E-state index contributed by atoms with van der Waals surface area (Å²) in [5, 5.41) is 3.28. The van der Waals surface area contributed by atoms with E-state index in [4.69, 9.17) is 0 Å². The highest BCUT2D eigenvalue weighted by Gasteiger charge is 2.35. The third kappa shape index (κ3) is 5.03. The molecule has 1 aliphatic heterocycles. The molecule has 3 atom stereocenters. The lowest BCUT2D eigenvalue weighted by Crippen LogP contribution is -2.47. The third-order valence-electron chi connectivity index (χ3n) is 7.61. The number of hydrogen-bond acceptors (Lipinski definition) is 4. The number of carbonyl (C=O) groups excluding carboxylic acids is 2. The van der Waals surface area contributed by atoms with Crippen LogP contribution in [0.25, 0.3) is 0 Å². The summed E-state index contributed by atoms with van der Waals surface area (Å²) in [6.07, 6.45) is 9.87. The highest BCUT2D eigenvalue weighted by atomic mass is 32.2. The molecule has 0 radical (unpaired) electrons. The van der Waals surface area contributed by atoms with Crippen molar-refractivity contribution in [2.45, 2.75) is 75.6 Å². The van der Waals surface area contributed by atoms with Crippen molar-refractivity contribution in [2.24, 2.45) is 17.8 Å².